The number of anilines is 2. The third-order valence-corrected chi connectivity index (χ3v) is 5.45. The number of hydrogen-bond donors (Lipinski definition) is 2. The highest BCUT2D eigenvalue weighted by Crippen LogP contribution is 2.44. The van der Waals surface area contributed by atoms with Crippen molar-refractivity contribution in [1.82, 2.24) is 0 Å². The van der Waals surface area contributed by atoms with Crippen LogP contribution in [0.3, 0.4) is 0 Å². The Bertz CT molecular complexity index is 1170. The lowest BCUT2D eigenvalue weighted by atomic mass is 9.98. The largest absolute Gasteiger partial charge is 0.469 e. The average Bonchev–Trinajstić information content (AvgIpc) is 3.12. The van der Waals surface area contributed by atoms with E-state index in [1.807, 2.05) is 48.5 Å². The number of fused-ring (bicyclic) bond motifs is 3. The zero-order valence-corrected chi connectivity index (χ0v) is 17.2. The van der Waals surface area contributed by atoms with E-state index in [2.05, 4.69) is 10.1 Å². The van der Waals surface area contributed by atoms with E-state index in [1.165, 1.54) is 0 Å². The third-order valence-electron chi connectivity index (χ3n) is 5.45. The average molecular weight is 438 g/mol. The highest BCUT2D eigenvalue weighted by molar-refractivity contribution is 5.90. The molecule has 8 heteroatoms. The molecule has 164 valence electrons. The molecule has 0 aliphatic heterocycles. The first-order valence-corrected chi connectivity index (χ1v) is 9.85. The van der Waals surface area contributed by atoms with Gasteiger partial charge in [0.2, 0.25) is 0 Å². The van der Waals surface area contributed by atoms with Gasteiger partial charge in [0.25, 0.3) is 0 Å². The Hall–Kier alpha value is -3.94. The Morgan fingerprint density at radius 2 is 1.59 bits per heavy atom. The number of benzene rings is 3. The van der Waals surface area contributed by atoms with Crippen molar-refractivity contribution in [1.29, 1.82) is 0 Å². The summed E-state index contributed by atoms with van der Waals surface area (Å²) in [4.78, 5) is 23.7. The molecule has 0 bridgehead atoms. The molecule has 4 rings (SSSR count). The molecular formula is C24H20F2N2O4. The smallest absolute Gasteiger partial charge is 0.411 e. The van der Waals surface area contributed by atoms with Gasteiger partial charge in [0.1, 0.15) is 12.3 Å². The molecule has 32 heavy (non-hydrogen) atoms. The van der Waals surface area contributed by atoms with Crippen LogP contribution in [-0.4, -0.2) is 25.8 Å². The molecular weight excluding hydrogens is 418 g/mol. The number of hydrogen-bond acceptors (Lipinski definition) is 5. The van der Waals surface area contributed by atoms with Crippen LogP contribution in [0.15, 0.2) is 54.6 Å². The SMILES string of the molecule is COC(=O)Cc1cc(N)c(NC(=O)OCC2c3ccccc3-c3ccccc32)c(F)c1F. The number of nitrogens with one attached hydrogen (secondary N) is 1. The second-order valence-corrected chi connectivity index (χ2v) is 7.33. The van der Waals surface area contributed by atoms with Crippen LogP contribution in [0.25, 0.3) is 11.1 Å². The molecule has 3 aromatic rings. The molecule has 0 saturated carbocycles. The van der Waals surface area contributed by atoms with Crippen LogP contribution >= 0.6 is 0 Å². The molecule has 0 saturated heterocycles. The van der Waals surface area contributed by atoms with E-state index in [0.717, 1.165) is 35.4 Å². The van der Waals surface area contributed by atoms with Gasteiger partial charge in [-0.3, -0.25) is 10.1 Å². The Morgan fingerprint density at radius 1 is 1.00 bits per heavy atom. The summed E-state index contributed by atoms with van der Waals surface area (Å²) < 4.78 is 38.6. The standard InChI is InChI=1S/C24H20F2N2O4/c1-31-20(29)11-13-10-19(27)23(22(26)21(13)25)28-24(30)32-12-18-16-8-4-2-6-14(16)15-7-3-5-9-17(15)18/h2-10,18H,11-12,27H2,1H3,(H,28,30). The quantitative estimate of drug-likeness (QED) is 0.448. The minimum absolute atomic E-state index is 0.00426. The first kappa shape index (κ1) is 21.3. The number of carbonyl (C=O) groups is 2. The minimum Gasteiger partial charge on any atom is -0.469 e. The van der Waals surface area contributed by atoms with E-state index >= 15 is 0 Å². The van der Waals surface area contributed by atoms with Crippen LogP contribution in [0, 0.1) is 11.6 Å². The monoisotopic (exact) mass is 438 g/mol. The van der Waals surface area contributed by atoms with Crippen LogP contribution in [0.1, 0.15) is 22.6 Å². The Balaban J connectivity index is 1.50. The topological polar surface area (TPSA) is 90.6 Å². The molecule has 1 amide bonds. The van der Waals surface area contributed by atoms with Gasteiger partial charge in [-0.05, 0) is 28.3 Å². The van der Waals surface area contributed by atoms with Gasteiger partial charge >= 0.3 is 12.1 Å². The van der Waals surface area contributed by atoms with Crippen LogP contribution in [0.2, 0.25) is 0 Å². The van der Waals surface area contributed by atoms with Crippen molar-refractivity contribution < 1.29 is 27.8 Å². The number of ether oxygens (including phenoxy) is 2. The number of methoxy groups -OCH3 is 1. The number of halogens is 2. The maximum absolute atomic E-state index is 14.5. The molecule has 1 aliphatic carbocycles. The highest BCUT2D eigenvalue weighted by atomic mass is 19.2. The van der Waals surface area contributed by atoms with Crippen molar-refractivity contribution in [2.45, 2.75) is 12.3 Å². The number of esters is 1. The van der Waals surface area contributed by atoms with Crippen molar-refractivity contribution in [3.63, 3.8) is 0 Å². The zero-order valence-electron chi connectivity index (χ0n) is 17.2. The van der Waals surface area contributed by atoms with Gasteiger partial charge in [0, 0.05) is 11.5 Å². The van der Waals surface area contributed by atoms with Gasteiger partial charge in [-0.25, -0.2) is 13.6 Å². The maximum Gasteiger partial charge on any atom is 0.411 e. The summed E-state index contributed by atoms with van der Waals surface area (Å²) >= 11 is 0. The van der Waals surface area contributed by atoms with Gasteiger partial charge in [0.15, 0.2) is 11.6 Å². The molecule has 6 nitrogen and oxygen atoms in total. The van der Waals surface area contributed by atoms with Gasteiger partial charge in [-0.2, -0.15) is 0 Å². The van der Waals surface area contributed by atoms with Gasteiger partial charge in [-0.15, -0.1) is 0 Å². The summed E-state index contributed by atoms with van der Waals surface area (Å²) in [6.45, 7) is 0.00426. The van der Waals surface area contributed by atoms with Crippen LogP contribution in [0.5, 0.6) is 0 Å². The van der Waals surface area contributed by atoms with E-state index in [1.54, 1.807) is 0 Å². The zero-order chi connectivity index (χ0) is 22.8. The summed E-state index contributed by atoms with van der Waals surface area (Å²) in [5, 5.41) is 2.17. The molecule has 0 heterocycles. The van der Waals surface area contributed by atoms with E-state index in [0.29, 0.717) is 0 Å². The van der Waals surface area contributed by atoms with Crippen molar-refractivity contribution in [3.8, 4) is 11.1 Å². The second-order valence-electron chi connectivity index (χ2n) is 7.33. The molecule has 0 atom stereocenters. The third kappa shape index (κ3) is 3.87. The van der Waals surface area contributed by atoms with Crippen molar-refractivity contribution >= 4 is 23.4 Å². The van der Waals surface area contributed by atoms with Gasteiger partial charge in [0.05, 0.1) is 19.2 Å². The summed E-state index contributed by atoms with van der Waals surface area (Å²) in [6, 6.07) is 16.7. The van der Waals surface area contributed by atoms with Crippen molar-refractivity contribution in [2.24, 2.45) is 0 Å². The Labute approximate surface area is 183 Å². The second kappa shape index (κ2) is 8.66. The highest BCUT2D eigenvalue weighted by Gasteiger charge is 2.29. The van der Waals surface area contributed by atoms with E-state index in [4.69, 9.17) is 10.5 Å². The van der Waals surface area contributed by atoms with Crippen LogP contribution in [-0.2, 0) is 20.7 Å². The predicted molar refractivity (Wildman–Crippen MR) is 115 cm³/mol. The fourth-order valence-electron chi connectivity index (χ4n) is 3.92. The molecule has 0 aromatic heterocycles. The first-order valence-electron chi connectivity index (χ1n) is 9.85. The molecule has 0 spiro atoms. The lowest BCUT2D eigenvalue weighted by molar-refractivity contribution is -0.139. The number of rotatable bonds is 5. The maximum atomic E-state index is 14.5. The Morgan fingerprint density at radius 3 is 2.19 bits per heavy atom. The lowest BCUT2D eigenvalue weighted by Crippen LogP contribution is -2.20. The van der Waals surface area contributed by atoms with Crippen LogP contribution in [0.4, 0.5) is 25.0 Å². The summed E-state index contributed by atoms with van der Waals surface area (Å²) in [5.74, 6) is -3.61. The number of carbonyl (C=O) groups excluding carboxylic acids is 2. The number of amides is 1. The predicted octanol–water partition coefficient (Wildman–Crippen LogP) is 4.62. The van der Waals surface area contributed by atoms with Gasteiger partial charge < -0.3 is 15.2 Å². The van der Waals surface area contributed by atoms with Crippen LogP contribution < -0.4 is 11.1 Å². The molecule has 3 N–H and O–H groups in total. The molecule has 0 unspecified atom stereocenters. The summed E-state index contributed by atoms with van der Waals surface area (Å²) in [5.41, 5.74) is 8.88. The molecule has 3 aromatic carbocycles. The fourth-order valence-corrected chi connectivity index (χ4v) is 3.92. The van der Waals surface area contributed by atoms with Gasteiger partial charge in [-0.1, -0.05) is 48.5 Å². The van der Waals surface area contributed by atoms with E-state index in [9.17, 15) is 18.4 Å². The molecule has 0 radical (unpaired) electrons. The number of nitrogen functional groups attached to an aromatic ring is 1. The number of nitrogens with two attached hydrogens (primary N) is 1. The van der Waals surface area contributed by atoms with E-state index in [-0.39, 0.29) is 23.8 Å². The molecule has 1 aliphatic rings. The molecule has 0 fully saturated rings. The van der Waals surface area contributed by atoms with Crippen molar-refractivity contribution in [3.05, 3.63) is 82.9 Å². The first-order chi connectivity index (χ1) is 15.4. The Kier molecular flexibility index (Phi) is 5.77. The fraction of sp³-hybridized carbons (Fsp3) is 0.167. The summed E-state index contributed by atoms with van der Waals surface area (Å²) in [6.07, 6.45) is -1.47. The lowest BCUT2D eigenvalue weighted by Gasteiger charge is -2.16. The minimum atomic E-state index is -1.38. The summed E-state index contributed by atoms with van der Waals surface area (Å²) in [7, 11) is 1.13. The van der Waals surface area contributed by atoms with Crippen molar-refractivity contribution in [2.75, 3.05) is 24.8 Å². The van der Waals surface area contributed by atoms with E-state index < -0.39 is 35.8 Å². The normalized spacial score (nSPS) is 12.1.